The van der Waals surface area contributed by atoms with E-state index in [1.807, 2.05) is 0 Å². The van der Waals surface area contributed by atoms with E-state index >= 15 is 0 Å². The van der Waals surface area contributed by atoms with Crippen molar-refractivity contribution in [1.82, 2.24) is 15.5 Å². The number of anilines is 2. The third-order valence-electron chi connectivity index (χ3n) is 3.93. The highest BCUT2D eigenvalue weighted by molar-refractivity contribution is 5.92. The summed E-state index contributed by atoms with van der Waals surface area (Å²) in [5.74, 6) is -0.0574. The van der Waals surface area contributed by atoms with Crippen LogP contribution in [0.25, 0.3) is 0 Å². The van der Waals surface area contributed by atoms with Crippen molar-refractivity contribution >= 4 is 17.4 Å². The number of carbonyl (C=O) groups is 1. The largest absolute Gasteiger partial charge is 0.348 e. The SMILES string of the molecule is O=C(NC1CCCCC1)c1ccc(Nc2cccc(F)c2)nn1. The van der Waals surface area contributed by atoms with Crippen LogP contribution < -0.4 is 10.6 Å². The zero-order valence-electron chi connectivity index (χ0n) is 12.8. The number of halogens is 1. The average molecular weight is 314 g/mol. The third kappa shape index (κ3) is 4.25. The van der Waals surface area contributed by atoms with Crippen molar-refractivity contribution in [2.24, 2.45) is 0 Å². The summed E-state index contributed by atoms with van der Waals surface area (Å²) in [5.41, 5.74) is 0.874. The molecule has 1 heterocycles. The monoisotopic (exact) mass is 314 g/mol. The summed E-state index contributed by atoms with van der Waals surface area (Å²) in [6.07, 6.45) is 5.61. The van der Waals surface area contributed by atoms with Gasteiger partial charge in [-0.05, 0) is 43.2 Å². The molecule has 1 amide bonds. The smallest absolute Gasteiger partial charge is 0.272 e. The highest BCUT2D eigenvalue weighted by Gasteiger charge is 2.17. The summed E-state index contributed by atoms with van der Waals surface area (Å²) >= 11 is 0. The Morgan fingerprint density at radius 2 is 1.91 bits per heavy atom. The van der Waals surface area contributed by atoms with Gasteiger partial charge in [0.25, 0.3) is 5.91 Å². The fourth-order valence-corrected chi connectivity index (χ4v) is 2.74. The first-order chi connectivity index (χ1) is 11.2. The standard InChI is InChI=1S/C17H19FN4O/c18-12-5-4-8-14(11-12)19-16-10-9-15(21-22-16)17(23)20-13-6-2-1-3-7-13/h4-5,8-11,13H,1-3,6-7H2,(H,19,22)(H,20,23). The van der Waals surface area contributed by atoms with E-state index in [0.29, 0.717) is 17.2 Å². The minimum Gasteiger partial charge on any atom is -0.348 e. The molecule has 5 nitrogen and oxygen atoms in total. The van der Waals surface area contributed by atoms with Crippen LogP contribution in [0.4, 0.5) is 15.9 Å². The number of rotatable bonds is 4. The quantitative estimate of drug-likeness (QED) is 0.907. The van der Waals surface area contributed by atoms with Crippen LogP contribution in [-0.4, -0.2) is 22.1 Å². The van der Waals surface area contributed by atoms with E-state index < -0.39 is 0 Å². The van der Waals surface area contributed by atoms with Gasteiger partial charge in [0, 0.05) is 11.7 Å². The minimum atomic E-state index is -0.327. The van der Waals surface area contributed by atoms with Crippen molar-refractivity contribution in [2.75, 3.05) is 5.32 Å². The molecule has 0 atom stereocenters. The summed E-state index contributed by atoms with van der Waals surface area (Å²) in [6, 6.07) is 9.59. The first kappa shape index (κ1) is 15.4. The van der Waals surface area contributed by atoms with Crippen LogP contribution in [0.2, 0.25) is 0 Å². The lowest BCUT2D eigenvalue weighted by atomic mass is 9.95. The van der Waals surface area contributed by atoms with E-state index in [4.69, 9.17) is 0 Å². The van der Waals surface area contributed by atoms with Gasteiger partial charge in [-0.2, -0.15) is 0 Å². The zero-order chi connectivity index (χ0) is 16.1. The van der Waals surface area contributed by atoms with E-state index in [1.165, 1.54) is 18.6 Å². The molecule has 2 N–H and O–H groups in total. The topological polar surface area (TPSA) is 66.9 Å². The molecule has 0 saturated heterocycles. The van der Waals surface area contributed by atoms with Crippen molar-refractivity contribution in [1.29, 1.82) is 0 Å². The molecular weight excluding hydrogens is 295 g/mol. The molecule has 0 aliphatic heterocycles. The van der Waals surface area contributed by atoms with Crippen LogP contribution in [0.3, 0.4) is 0 Å². The Morgan fingerprint density at radius 3 is 2.61 bits per heavy atom. The van der Waals surface area contributed by atoms with Gasteiger partial charge in [-0.3, -0.25) is 4.79 Å². The van der Waals surface area contributed by atoms with Gasteiger partial charge in [0.05, 0.1) is 0 Å². The van der Waals surface area contributed by atoms with Gasteiger partial charge in [-0.1, -0.05) is 25.3 Å². The first-order valence-electron chi connectivity index (χ1n) is 7.88. The second-order valence-corrected chi connectivity index (χ2v) is 5.75. The molecule has 6 heteroatoms. The Labute approximate surface area is 134 Å². The number of amides is 1. The highest BCUT2D eigenvalue weighted by atomic mass is 19.1. The Balaban J connectivity index is 1.61. The van der Waals surface area contributed by atoms with E-state index in [-0.39, 0.29) is 17.8 Å². The minimum absolute atomic E-state index is 0.193. The maximum atomic E-state index is 13.1. The molecule has 1 aromatic heterocycles. The fraction of sp³-hybridized carbons (Fsp3) is 0.353. The van der Waals surface area contributed by atoms with Gasteiger partial charge in [-0.15, -0.1) is 10.2 Å². The number of benzene rings is 1. The Kier molecular flexibility index (Phi) is 4.80. The second-order valence-electron chi connectivity index (χ2n) is 5.75. The molecule has 1 saturated carbocycles. The molecule has 1 aliphatic rings. The van der Waals surface area contributed by atoms with Gasteiger partial charge in [0.15, 0.2) is 11.5 Å². The summed E-state index contributed by atoms with van der Waals surface area (Å²) in [6.45, 7) is 0. The van der Waals surface area contributed by atoms with Crippen LogP contribution in [0.5, 0.6) is 0 Å². The van der Waals surface area contributed by atoms with E-state index in [0.717, 1.165) is 25.7 Å². The molecular formula is C17H19FN4O. The van der Waals surface area contributed by atoms with E-state index in [9.17, 15) is 9.18 Å². The molecule has 120 valence electrons. The number of carbonyl (C=O) groups excluding carboxylic acids is 1. The normalized spacial score (nSPS) is 15.2. The van der Waals surface area contributed by atoms with Gasteiger partial charge in [-0.25, -0.2) is 4.39 Å². The number of nitrogens with one attached hydrogen (secondary N) is 2. The molecule has 0 bridgehead atoms. The second kappa shape index (κ2) is 7.17. The number of hydrogen-bond donors (Lipinski definition) is 2. The van der Waals surface area contributed by atoms with Gasteiger partial charge < -0.3 is 10.6 Å². The maximum Gasteiger partial charge on any atom is 0.272 e. The van der Waals surface area contributed by atoms with Crippen LogP contribution in [0.1, 0.15) is 42.6 Å². The number of aromatic nitrogens is 2. The van der Waals surface area contributed by atoms with Crippen molar-refractivity contribution in [3.05, 3.63) is 47.9 Å². The molecule has 3 rings (SSSR count). The lowest BCUT2D eigenvalue weighted by Crippen LogP contribution is -2.36. The summed E-state index contributed by atoms with van der Waals surface area (Å²) in [5, 5.41) is 13.9. The van der Waals surface area contributed by atoms with Crippen LogP contribution in [0.15, 0.2) is 36.4 Å². The molecule has 1 fully saturated rings. The number of nitrogens with zero attached hydrogens (tertiary/aromatic N) is 2. The first-order valence-corrected chi connectivity index (χ1v) is 7.88. The molecule has 1 aliphatic carbocycles. The van der Waals surface area contributed by atoms with Crippen molar-refractivity contribution < 1.29 is 9.18 Å². The van der Waals surface area contributed by atoms with Crippen molar-refractivity contribution in [3.8, 4) is 0 Å². The molecule has 0 radical (unpaired) electrons. The number of hydrogen-bond acceptors (Lipinski definition) is 4. The van der Waals surface area contributed by atoms with Crippen molar-refractivity contribution in [3.63, 3.8) is 0 Å². The Morgan fingerprint density at radius 1 is 1.09 bits per heavy atom. The molecule has 1 aromatic carbocycles. The lowest BCUT2D eigenvalue weighted by Gasteiger charge is -2.22. The van der Waals surface area contributed by atoms with Crippen molar-refractivity contribution in [2.45, 2.75) is 38.1 Å². The van der Waals surface area contributed by atoms with Gasteiger partial charge in [0.2, 0.25) is 0 Å². The maximum absolute atomic E-state index is 13.1. The summed E-state index contributed by atoms with van der Waals surface area (Å²) in [4.78, 5) is 12.1. The van der Waals surface area contributed by atoms with Gasteiger partial charge >= 0.3 is 0 Å². The third-order valence-corrected chi connectivity index (χ3v) is 3.93. The van der Waals surface area contributed by atoms with Gasteiger partial charge in [0.1, 0.15) is 5.82 Å². The Hall–Kier alpha value is -2.50. The molecule has 23 heavy (non-hydrogen) atoms. The summed E-state index contributed by atoms with van der Waals surface area (Å²) in [7, 11) is 0. The van der Waals surface area contributed by atoms with E-state index in [1.54, 1.807) is 24.3 Å². The highest BCUT2D eigenvalue weighted by Crippen LogP contribution is 2.18. The fourth-order valence-electron chi connectivity index (χ4n) is 2.74. The lowest BCUT2D eigenvalue weighted by molar-refractivity contribution is 0.0921. The summed E-state index contributed by atoms with van der Waals surface area (Å²) < 4.78 is 13.1. The molecule has 0 spiro atoms. The predicted octanol–water partition coefficient (Wildman–Crippen LogP) is 3.42. The van der Waals surface area contributed by atoms with E-state index in [2.05, 4.69) is 20.8 Å². The molecule has 0 unspecified atom stereocenters. The zero-order valence-corrected chi connectivity index (χ0v) is 12.8. The predicted molar refractivity (Wildman–Crippen MR) is 86.1 cm³/mol. The molecule has 2 aromatic rings. The van der Waals surface area contributed by atoms with Crippen LogP contribution in [0, 0.1) is 5.82 Å². The van der Waals surface area contributed by atoms with Crippen LogP contribution in [-0.2, 0) is 0 Å². The van der Waals surface area contributed by atoms with Crippen LogP contribution >= 0.6 is 0 Å². The average Bonchev–Trinajstić information content (AvgIpc) is 2.56. The Bertz CT molecular complexity index is 669.